The average Bonchev–Trinajstić information content (AvgIpc) is 3.29. The van der Waals surface area contributed by atoms with Crippen LogP contribution in [-0.4, -0.2) is 29.8 Å². The normalized spacial score (nSPS) is 25.7. The number of hydrogen-bond donors (Lipinski definition) is 0. The number of carbonyl (C=O) groups is 5. The summed E-state index contributed by atoms with van der Waals surface area (Å²) in [4.78, 5) is 60.9. The minimum atomic E-state index is -0.889. The zero-order chi connectivity index (χ0) is 24.0. The first kappa shape index (κ1) is 21.7. The fraction of sp³-hybridized carbons (Fsp3) is 0.240. The Morgan fingerprint density at radius 3 is 2.32 bits per heavy atom. The van der Waals surface area contributed by atoms with Gasteiger partial charge in [-0.15, -0.1) is 0 Å². The third-order valence-corrected chi connectivity index (χ3v) is 6.35. The maximum absolute atomic E-state index is 13.0. The first-order chi connectivity index (χ1) is 16.3. The van der Waals surface area contributed by atoms with E-state index in [1.165, 1.54) is 48.6 Å². The number of benzene rings is 2. The van der Waals surface area contributed by atoms with Crippen molar-refractivity contribution in [3.05, 3.63) is 71.0 Å². The number of halogens is 1. The summed E-state index contributed by atoms with van der Waals surface area (Å²) >= 11 is 0. The molecule has 8 nitrogen and oxygen atoms in total. The van der Waals surface area contributed by atoms with Crippen molar-refractivity contribution in [2.75, 3.05) is 0 Å². The zero-order valence-corrected chi connectivity index (χ0v) is 17.6. The van der Waals surface area contributed by atoms with E-state index in [9.17, 15) is 28.4 Å². The van der Waals surface area contributed by atoms with Gasteiger partial charge >= 0.3 is 29.8 Å². The first-order valence-electron chi connectivity index (χ1n) is 10.6. The molecule has 4 atom stereocenters. The maximum atomic E-state index is 13.0. The van der Waals surface area contributed by atoms with Crippen LogP contribution in [0.3, 0.4) is 0 Å². The smallest absolute Gasteiger partial charge is 0.336 e. The second-order valence-corrected chi connectivity index (χ2v) is 8.37. The summed E-state index contributed by atoms with van der Waals surface area (Å²) in [6.45, 7) is 0. The van der Waals surface area contributed by atoms with E-state index >= 15 is 0 Å². The van der Waals surface area contributed by atoms with Crippen molar-refractivity contribution in [2.45, 2.75) is 24.7 Å². The third-order valence-electron chi connectivity index (χ3n) is 6.35. The Labute approximate surface area is 192 Å². The van der Waals surface area contributed by atoms with Crippen molar-refractivity contribution in [2.24, 2.45) is 11.8 Å². The van der Waals surface area contributed by atoms with E-state index in [1.807, 2.05) is 0 Å². The van der Waals surface area contributed by atoms with Crippen LogP contribution in [-0.2, 0) is 33.4 Å². The fourth-order valence-electron chi connectivity index (χ4n) is 4.81. The molecule has 0 spiro atoms. The van der Waals surface area contributed by atoms with Gasteiger partial charge in [0.05, 0.1) is 24.2 Å². The van der Waals surface area contributed by atoms with Crippen molar-refractivity contribution in [3.8, 4) is 5.75 Å². The molecule has 2 fully saturated rings. The SMILES string of the molecule is O=C(C=Cc1ccc(F)cc1)Oc1ccc2c(c1)C1C(=O)OC(=O)C1CC2C1CC(=O)OC1=O. The van der Waals surface area contributed by atoms with Gasteiger partial charge in [0.15, 0.2) is 0 Å². The van der Waals surface area contributed by atoms with Crippen LogP contribution in [0, 0.1) is 17.7 Å². The van der Waals surface area contributed by atoms with E-state index < -0.39 is 59.3 Å². The average molecular weight is 464 g/mol. The first-order valence-corrected chi connectivity index (χ1v) is 10.6. The highest BCUT2D eigenvalue weighted by atomic mass is 19.1. The van der Waals surface area contributed by atoms with Gasteiger partial charge in [-0.05, 0) is 59.4 Å². The van der Waals surface area contributed by atoms with Crippen LogP contribution in [0.1, 0.15) is 41.4 Å². The van der Waals surface area contributed by atoms with Crippen molar-refractivity contribution in [1.29, 1.82) is 0 Å². The monoisotopic (exact) mass is 464 g/mol. The van der Waals surface area contributed by atoms with Gasteiger partial charge in [0, 0.05) is 6.08 Å². The van der Waals surface area contributed by atoms with Gasteiger partial charge in [0.1, 0.15) is 11.6 Å². The number of cyclic esters (lactones) is 4. The van der Waals surface area contributed by atoms with Gasteiger partial charge in [-0.25, -0.2) is 9.18 Å². The van der Waals surface area contributed by atoms with Crippen LogP contribution in [0.15, 0.2) is 48.5 Å². The number of fused-ring (bicyclic) bond motifs is 3. The van der Waals surface area contributed by atoms with E-state index in [-0.39, 0.29) is 18.6 Å². The van der Waals surface area contributed by atoms with Gasteiger partial charge in [-0.3, -0.25) is 19.2 Å². The Balaban J connectivity index is 1.43. The van der Waals surface area contributed by atoms with E-state index in [0.717, 1.165) is 0 Å². The molecule has 2 aromatic carbocycles. The van der Waals surface area contributed by atoms with Gasteiger partial charge in [-0.2, -0.15) is 0 Å². The van der Waals surface area contributed by atoms with Crippen molar-refractivity contribution in [3.63, 3.8) is 0 Å². The second kappa shape index (κ2) is 8.33. The molecule has 9 heteroatoms. The molecule has 0 aromatic heterocycles. The fourth-order valence-corrected chi connectivity index (χ4v) is 4.81. The van der Waals surface area contributed by atoms with Gasteiger partial charge in [-0.1, -0.05) is 18.2 Å². The predicted octanol–water partition coefficient (Wildman–Crippen LogP) is 2.80. The van der Waals surface area contributed by atoms with Crippen LogP contribution >= 0.6 is 0 Å². The Kier molecular flexibility index (Phi) is 5.31. The lowest BCUT2D eigenvalue weighted by Crippen LogP contribution is -2.31. The van der Waals surface area contributed by atoms with Crippen LogP contribution in [0.2, 0.25) is 0 Å². The molecule has 3 aliphatic rings. The van der Waals surface area contributed by atoms with Crippen molar-refractivity contribution >= 4 is 35.9 Å². The zero-order valence-electron chi connectivity index (χ0n) is 17.6. The third kappa shape index (κ3) is 3.89. The topological polar surface area (TPSA) is 113 Å². The Bertz CT molecular complexity index is 1260. The quantitative estimate of drug-likeness (QED) is 0.294. The molecule has 0 radical (unpaired) electrons. The molecule has 2 aliphatic heterocycles. The lowest BCUT2D eigenvalue weighted by Gasteiger charge is -2.32. The Morgan fingerprint density at radius 1 is 0.882 bits per heavy atom. The molecular weight excluding hydrogens is 447 g/mol. The lowest BCUT2D eigenvalue weighted by molar-refractivity contribution is -0.155. The van der Waals surface area contributed by atoms with E-state index in [0.29, 0.717) is 16.7 Å². The summed E-state index contributed by atoms with van der Waals surface area (Å²) in [5.74, 6) is -6.68. The highest BCUT2D eigenvalue weighted by molar-refractivity contribution is 6.01. The van der Waals surface area contributed by atoms with Crippen molar-refractivity contribution < 1.29 is 42.6 Å². The molecule has 34 heavy (non-hydrogen) atoms. The molecular formula is C25H17FO8. The molecule has 0 N–H and O–H groups in total. The molecule has 2 saturated heterocycles. The molecule has 2 heterocycles. The maximum Gasteiger partial charge on any atom is 0.336 e. The summed E-state index contributed by atoms with van der Waals surface area (Å²) in [6, 6.07) is 10.1. The minimum absolute atomic E-state index is 0.117. The highest BCUT2D eigenvalue weighted by Gasteiger charge is 2.53. The molecule has 172 valence electrons. The molecule has 2 aromatic rings. The van der Waals surface area contributed by atoms with Crippen LogP contribution in [0.4, 0.5) is 4.39 Å². The van der Waals surface area contributed by atoms with E-state index in [1.54, 1.807) is 6.07 Å². The van der Waals surface area contributed by atoms with E-state index in [2.05, 4.69) is 4.74 Å². The summed E-state index contributed by atoms with van der Waals surface area (Å²) < 4.78 is 27.9. The summed E-state index contributed by atoms with van der Waals surface area (Å²) in [5.41, 5.74) is 1.61. The van der Waals surface area contributed by atoms with Crippen LogP contribution in [0.25, 0.3) is 6.08 Å². The van der Waals surface area contributed by atoms with Crippen LogP contribution < -0.4 is 4.74 Å². The largest absolute Gasteiger partial charge is 0.423 e. The number of ether oxygens (including phenoxy) is 3. The van der Waals surface area contributed by atoms with Crippen LogP contribution in [0.5, 0.6) is 5.75 Å². The standard InChI is InChI=1S/C25H17FO8/c26-13-4-1-12(2-5-13)3-8-20(27)32-14-6-7-15-16(18-11-21(28)33-23(18)29)10-19-22(17(15)9-14)25(31)34-24(19)30/h1-9,16,18-19,22H,10-11H2. The van der Waals surface area contributed by atoms with E-state index in [4.69, 9.17) is 9.47 Å². The Hall–Kier alpha value is -4.14. The highest BCUT2D eigenvalue weighted by Crippen LogP contribution is 2.51. The number of rotatable bonds is 4. The number of carbonyl (C=O) groups excluding carboxylic acids is 5. The van der Waals surface area contributed by atoms with Crippen molar-refractivity contribution in [1.82, 2.24) is 0 Å². The summed E-state index contributed by atoms with van der Waals surface area (Å²) in [7, 11) is 0. The second-order valence-electron chi connectivity index (χ2n) is 8.37. The van der Waals surface area contributed by atoms with Gasteiger partial charge < -0.3 is 14.2 Å². The lowest BCUT2D eigenvalue weighted by atomic mass is 9.67. The molecule has 0 saturated carbocycles. The Morgan fingerprint density at radius 2 is 1.62 bits per heavy atom. The molecule has 0 bridgehead atoms. The molecule has 4 unspecified atom stereocenters. The molecule has 0 amide bonds. The molecule has 5 rings (SSSR count). The van der Waals surface area contributed by atoms with Gasteiger partial charge in [0.2, 0.25) is 0 Å². The number of esters is 5. The predicted molar refractivity (Wildman–Crippen MR) is 111 cm³/mol. The van der Waals surface area contributed by atoms with Gasteiger partial charge in [0.25, 0.3) is 0 Å². The number of hydrogen-bond acceptors (Lipinski definition) is 8. The summed E-state index contributed by atoms with van der Waals surface area (Å²) in [6.07, 6.45) is 2.68. The molecule has 1 aliphatic carbocycles. The summed E-state index contributed by atoms with van der Waals surface area (Å²) in [5, 5.41) is 0. The minimum Gasteiger partial charge on any atom is -0.423 e.